The molecule has 0 aliphatic rings. The monoisotopic (exact) mass is 345 g/mol. The van der Waals surface area contributed by atoms with Crippen LogP contribution >= 0.6 is 0 Å². The molecule has 0 bridgehead atoms. The van der Waals surface area contributed by atoms with E-state index in [9.17, 15) is 9.18 Å². The van der Waals surface area contributed by atoms with Crippen molar-refractivity contribution in [3.63, 3.8) is 0 Å². The van der Waals surface area contributed by atoms with Gasteiger partial charge in [-0.3, -0.25) is 4.79 Å². The molecule has 1 aromatic carbocycles. The average Bonchev–Trinajstić information content (AvgIpc) is 2.83. The minimum absolute atomic E-state index is 0.0367. The number of halogens is 1. The fraction of sp³-hybridized carbons (Fsp3) is 0.368. The van der Waals surface area contributed by atoms with Crippen LogP contribution in [0.5, 0.6) is 5.75 Å². The van der Waals surface area contributed by atoms with Crippen molar-refractivity contribution >= 4 is 12.1 Å². The van der Waals surface area contributed by atoms with Crippen molar-refractivity contribution in [2.24, 2.45) is 5.10 Å². The number of nitrogens with one attached hydrogen (secondary N) is 1. The lowest BCUT2D eigenvalue weighted by Crippen LogP contribution is -2.33. The largest absolute Gasteiger partial charge is 0.478 e. The average molecular weight is 345 g/mol. The van der Waals surface area contributed by atoms with Gasteiger partial charge in [0.1, 0.15) is 0 Å². The highest BCUT2D eigenvalue weighted by Gasteiger charge is 2.16. The lowest BCUT2D eigenvalue weighted by atomic mass is 10.2. The van der Waals surface area contributed by atoms with E-state index in [2.05, 4.69) is 28.9 Å². The summed E-state index contributed by atoms with van der Waals surface area (Å²) in [6.45, 7) is 9.82. The lowest BCUT2D eigenvalue weighted by molar-refractivity contribution is -0.127. The standard InChI is InChI=1S/C19H24FN3O2/c1-12(2)23-13(3)10-16(14(23)4)11-21-22-19(24)15(5)25-18-9-7-6-8-17(18)20/h6-12,15H,1-5H3,(H,22,24)/b21-11-/t15-/m1/s1. The Hall–Kier alpha value is -2.63. The molecule has 2 aromatic rings. The normalized spacial score (nSPS) is 12.6. The number of para-hydroxylation sites is 1. The zero-order valence-electron chi connectivity index (χ0n) is 15.2. The lowest BCUT2D eigenvalue weighted by Gasteiger charge is -2.13. The summed E-state index contributed by atoms with van der Waals surface area (Å²) in [5.74, 6) is -0.918. The minimum Gasteiger partial charge on any atom is -0.478 e. The minimum atomic E-state index is -0.864. The highest BCUT2D eigenvalue weighted by Crippen LogP contribution is 2.19. The van der Waals surface area contributed by atoms with Gasteiger partial charge in [-0.2, -0.15) is 5.10 Å². The van der Waals surface area contributed by atoms with Crippen molar-refractivity contribution in [1.29, 1.82) is 0 Å². The Labute approximate surface area is 147 Å². The number of benzene rings is 1. The van der Waals surface area contributed by atoms with Crippen molar-refractivity contribution in [3.8, 4) is 5.75 Å². The second kappa shape index (κ2) is 7.96. The summed E-state index contributed by atoms with van der Waals surface area (Å²) in [6, 6.07) is 8.33. The van der Waals surface area contributed by atoms with E-state index in [-0.39, 0.29) is 5.75 Å². The van der Waals surface area contributed by atoms with E-state index < -0.39 is 17.8 Å². The molecule has 6 heteroatoms. The van der Waals surface area contributed by atoms with Gasteiger partial charge in [0.05, 0.1) is 6.21 Å². The van der Waals surface area contributed by atoms with E-state index in [0.717, 1.165) is 17.0 Å². The maximum absolute atomic E-state index is 13.5. The van der Waals surface area contributed by atoms with Crippen LogP contribution in [-0.4, -0.2) is 22.8 Å². The predicted molar refractivity (Wildman–Crippen MR) is 96.5 cm³/mol. The Morgan fingerprint density at radius 3 is 2.56 bits per heavy atom. The highest BCUT2D eigenvalue weighted by molar-refractivity contribution is 5.85. The van der Waals surface area contributed by atoms with E-state index in [1.807, 2.05) is 19.9 Å². The fourth-order valence-electron chi connectivity index (χ4n) is 2.77. The van der Waals surface area contributed by atoms with Gasteiger partial charge in [0.15, 0.2) is 17.7 Å². The van der Waals surface area contributed by atoms with Crippen molar-refractivity contribution < 1.29 is 13.9 Å². The molecule has 0 spiro atoms. The van der Waals surface area contributed by atoms with Gasteiger partial charge in [0.2, 0.25) is 0 Å². The van der Waals surface area contributed by atoms with Crippen LogP contribution in [-0.2, 0) is 4.79 Å². The van der Waals surface area contributed by atoms with Gasteiger partial charge in [-0.15, -0.1) is 0 Å². The van der Waals surface area contributed by atoms with Gasteiger partial charge in [-0.25, -0.2) is 9.82 Å². The summed E-state index contributed by atoms with van der Waals surface area (Å²) >= 11 is 0. The van der Waals surface area contributed by atoms with Crippen LogP contribution in [0, 0.1) is 19.7 Å². The molecule has 0 radical (unpaired) electrons. The SMILES string of the molecule is Cc1cc(/C=N\NC(=O)[C@@H](C)Oc2ccccc2F)c(C)n1C(C)C. The Morgan fingerprint density at radius 1 is 1.28 bits per heavy atom. The van der Waals surface area contributed by atoms with Crippen molar-refractivity contribution in [2.75, 3.05) is 0 Å². The van der Waals surface area contributed by atoms with Crippen molar-refractivity contribution in [1.82, 2.24) is 9.99 Å². The second-order valence-corrected chi connectivity index (χ2v) is 6.21. The number of hydrogen-bond donors (Lipinski definition) is 1. The number of aromatic nitrogens is 1. The summed E-state index contributed by atoms with van der Waals surface area (Å²) in [5.41, 5.74) is 5.59. The number of amides is 1. The molecule has 5 nitrogen and oxygen atoms in total. The van der Waals surface area contributed by atoms with Gasteiger partial charge in [-0.05, 0) is 52.8 Å². The van der Waals surface area contributed by atoms with Gasteiger partial charge >= 0.3 is 0 Å². The molecular formula is C19H24FN3O2. The summed E-state index contributed by atoms with van der Waals surface area (Å²) < 4.78 is 21.1. The number of rotatable bonds is 6. The molecule has 1 aromatic heterocycles. The van der Waals surface area contributed by atoms with Crippen molar-refractivity contribution in [2.45, 2.75) is 46.8 Å². The zero-order valence-corrected chi connectivity index (χ0v) is 15.2. The molecule has 1 amide bonds. The molecule has 0 aliphatic carbocycles. The van der Waals surface area contributed by atoms with Crippen LogP contribution in [0.15, 0.2) is 35.4 Å². The molecule has 0 aliphatic heterocycles. The number of aryl methyl sites for hydroxylation is 1. The van der Waals surface area contributed by atoms with E-state index in [1.54, 1.807) is 25.3 Å². The van der Waals surface area contributed by atoms with Crippen LogP contribution in [0.4, 0.5) is 4.39 Å². The molecule has 1 atom stereocenters. The van der Waals surface area contributed by atoms with Crippen molar-refractivity contribution in [3.05, 3.63) is 53.1 Å². The molecule has 134 valence electrons. The quantitative estimate of drug-likeness (QED) is 0.640. The Bertz CT molecular complexity index is 781. The van der Waals surface area contributed by atoms with Crippen LogP contribution in [0.1, 0.15) is 43.8 Å². The molecule has 0 unspecified atom stereocenters. The summed E-state index contributed by atoms with van der Waals surface area (Å²) in [4.78, 5) is 12.0. The second-order valence-electron chi connectivity index (χ2n) is 6.21. The Morgan fingerprint density at radius 2 is 1.96 bits per heavy atom. The van der Waals surface area contributed by atoms with E-state index in [0.29, 0.717) is 6.04 Å². The maximum Gasteiger partial charge on any atom is 0.280 e. The number of hydrogen-bond acceptors (Lipinski definition) is 3. The van der Waals surface area contributed by atoms with Crippen LogP contribution < -0.4 is 10.2 Å². The zero-order chi connectivity index (χ0) is 18.6. The van der Waals surface area contributed by atoms with Crippen LogP contribution in [0.25, 0.3) is 0 Å². The first-order valence-electron chi connectivity index (χ1n) is 8.23. The first-order valence-corrected chi connectivity index (χ1v) is 8.23. The molecule has 1 N–H and O–H groups in total. The third kappa shape index (κ3) is 4.47. The summed E-state index contributed by atoms with van der Waals surface area (Å²) in [5, 5.41) is 3.99. The molecule has 0 saturated heterocycles. The third-order valence-corrected chi connectivity index (χ3v) is 3.93. The molecular weight excluding hydrogens is 321 g/mol. The van der Waals surface area contributed by atoms with E-state index >= 15 is 0 Å². The number of hydrazone groups is 1. The number of nitrogens with zero attached hydrogens (tertiary/aromatic N) is 2. The number of carbonyl (C=O) groups excluding carboxylic acids is 1. The van der Waals surface area contributed by atoms with Gasteiger partial charge in [0.25, 0.3) is 5.91 Å². The molecule has 2 rings (SSSR count). The summed E-state index contributed by atoms with van der Waals surface area (Å²) in [6.07, 6.45) is 0.742. The number of ether oxygens (including phenoxy) is 1. The highest BCUT2D eigenvalue weighted by atomic mass is 19.1. The van der Waals surface area contributed by atoms with E-state index in [4.69, 9.17) is 4.74 Å². The first kappa shape index (κ1) is 18.7. The third-order valence-electron chi connectivity index (χ3n) is 3.93. The van der Waals surface area contributed by atoms with Gasteiger partial charge in [-0.1, -0.05) is 12.1 Å². The van der Waals surface area contributed by atoms with Crippen LogP contribution in [0.3, 0.4) is 0 Å². The molecule has 1 heterocycles. The Kier molecular flexibility index (Phi) is 5.96. The van der Waals surface area contributed by atoms with Gasteiger partial charge in [0, 0.05) is 23.0 Å². The van der Waals surface area contributed by atoms with Gasteiger partial charge < -0.3 is 9.30 Å². The molecule has 0 saturated carbocycles. The van der Waals surface area contributed by atoms with E-state index in [1.165, 1.54) is 12.1 Å². The first-order chi connectivity index (χ1) is 11.8. The topological polar surface area (TPSA) is 55.6 Å². The Balaban J connectivity index is 1.99. The smallest absolute Gasteiger partial charge is 0.280 e. The molecule has 25 heavy (non-hydrogen) atoms. The number of carbonyl (C=O) groups is 1. The fourth-order valence-corrected chi connectivity index (χ4v) is 2.77. The molecule has 0 fully saturated rings. The predicted octanol–water partition coefficient (Wildman–Crippen LogP) is 3.74. The van der Waals surface area contributed by atoms with Crippen LogP contribution in [0.2, 0.25) is 0 Å². The maximum atomic E-state index is 13.5. The summed E-state index contributed by atoms with van der Waals surface area (Å²) in [7, 11) is 0.